The molecular formula is C17H25BrClN3O2. The number of carbonyl (C=O) groups is 2. The molecule has 0 spiro atoms. The van der Waals surface area contributed by atoms with Gasteiger partial charge in [-0.1, -0.05) is 22.4 Å². The summed E-state index contributed by atoms with van der Waals surface area (Å²) in [4.78, 5) is 26.1. The van der Waals surface area contributed by atoms with E-state index in [4.69, 9.17) is 5.73 Å². The van der Waals surface area contributed by atoms with E-state index in [2.05, 4.69) is 21.2 Å². The monoisotopic (exact) mass is 417 g/mol. The van der Waals surface area contributed by atoms with Gasteiger partial charge in [0, 0.05) is 29.2 Å². The van der Waals surface area contributed by atoms with E-state index in [1.165, 1.54) is 4.90 Å². The molecule has 0 saturated heterocycles. The highest BCUT2D eigenvalue weighted by molar-refractivity contribution is 9.10. The molecule has 1 saturated carbocycles. The number of likely N-dealkylation sites (N-methyl/N-ethyl adjacent to an activating group) is 1. The van der Waals surface area contributed by atoms with Crippen molar-refractivity contribution in [2.75, 3.05) is 18.9 Å². The second-order valence-electron chi connectivity index (χ2n) is 6.33. The fourth-order valence-corrected chi connectivity index (χ4v) is 3.49. The lowest BCUT2D eigenvalue weighted by Gasteiger charge is -2.29. The molecule has 0 bridgehead atoms. The van der Waals surface area contributed by atoms with Crippen molar-refractivity contribution < 1.29 is 9.59 Å². The lowest BCUT2D eigenvalue weighted by atomic mass is 9.85. The number of benzene rings is 1. The molecule has 5 nitrogen and oxygen atoms in total. The smallest absolute Gasteiger partial charge is 0.243 e. The highest BCUT2D eigenvalue weighted by Crippen LogP contribution is 2.25. The number of nitrogens with two attached hydrogens (primary N) is 1. The fraction of sp³-hybridized carbons (Fsp3) is 0.529. The maximum absolute atomic E-state index is 12.4. The van der Waals surface area contributed by atoms with Gasteiger partial charge in [0.2, 0.25) is 11.8 Å². The Morgan fingerprint density at radius 1 is 1.38 bits per heavy atom. The van der Waals surface area contributed by atoms with Crippen molar-refractivity contribution in [1.82, 2.24) is 4.90 Å². The number of nitrogens with zero attached hydrogens (tertiary/aromatic N) is 1. The van der Waals surface area contributed by atoms with Gasteiger partial charge in [0.05, 0.1) is 6.54 Å². The first kappa shape index (κ1) is 20.9. The average Bonchev–Trinajstić information content (AvgIpc) is 2.49. The second kappa shape index (κ2) is 9.39. The summed E-state index contributed by atoms with van der Waals surface area (Å²) in [5.74, 6) is -0.222. The van der Waals surface area contributed by atoms with Crippen LogP contribution in [0.2, 0.25) is 0 Å². The van der Waals surface area contributed by atoms with Crippen LogP contribution in [-0.2, 0) is 9.59 Å². The first-order valence-corrected chi connectivity index (χ1v) is 8.72. The molecule has 1 fully saturated rings. The van der Waals surface area contributed by atoms with Gasteiger partial charge < -0.3 is 16.0 Å². The molecule has 24 heavy (non-hydrogen) atoms. The Labute approximate surface area is 157 Å². The first-order chi connectivity index (χ1) is 10.9. The number of halogens is 2. The lowest BCUT2D eigenvalue weighted by molar-refractivity contribution is -0.138. The molecule has 0 aromatic heterocycles. The van der Waals surface area contributed by atoms with E-state index in [0.29, 0.717) is 0 Å². The van der Waals surface area contributed by atoms with Crippen LogP contribution in [0.3, 0.4) is 0 Å². The molecule has 0 aliphatic heterocycles. The van der Waals surface area contributed by atoms with Crippen LogP contribution in [0, 0.1) is 12.8 Å². The van der Waals surface area contributed by atoms with Gasteiger partial charge in [0.1, 0.15) is 0 Å². The Bertz CT molecular complexity index is 597. The molecule has 2 unspecified atom stereocenters. The third-order valence-electron chi connectivity index (χ3n) is 4.28. The molecular weight excluding hydrogens is 394 g/mol. The average molecular weight is 419 g/mol. The van der Waals surface area contributed by atoms with Crippen molar-refractivity contribution in [3.8, 4) is 0 Å². The van der Waals surface area contributed by atoms with Gasteiger partial charge in [-0.05, 0) is 49.9 Å². The van der Waals surface area contributed by atoms with Gasteiger partial charge >= 0.3 is 0 Å². The van der Waals surface area contributed by atoms with Crippen LogP contribution >= 0.6 is 28.3 Å². The Hall–Kier alpha value is -1.11. The maximum atomic E-state index is 12.4. The van der Waals surface area contributed by atoms with Gasteiger partial charge in [-0.2, -0.15) is 0 Å². The Morgan fingerprint density at radius 2 is 2.08 bits per heavy atom. The number of nitrogens with one attached hydrogen (secondary N) is 1. The summed E-state index contributed by atoms with van der Waals surface area (Å²) in [7, 11) is 1.68. The van der Waals surface area contributed by atoms with E-state index in [0.717, 1.165) is 41.4 Å². The highest BCUT2D eigenvalue weighted by atomic mass is 79.9. The number of rotatable bonds is 4. The summed E-state index contributed by atoms with van der Waals surface area (Å²) in [6.07, 6.45) is 3.55. The van der Waals surface area contributed by atoms with Crippen LogP contribution < -0.4 is 11.1 Å². The number of amides is 2. The van der Waals surface area contributed by atoms with E-state index >= 15 is 0 Å². The van der Waals surface area contributed by atoms with Gasteiger partial charge in [0.15, 0.2) is 0 Å². The first-order valence-electron chi connectivity index (χ1n) is 7.93. The summed E-state index contributed by atoms with van der Waals surface area (Å²) in [6, 6.07) is 5.76. The van der Waals surface area contributed by atoms with E-state index in [9.17, 15) is 9.59 Å². The standard InChI is InChI=1S/C17H24BrN3O2.ClH/c1-11-8-13(18)6-7-15(11)20-16(22)10-21(2)17(23)12-4-3-5-14(19)9-12;/h6-8,12,14H,3-5,9-10,19H2,1-2H3,(H,20,22);1H. The molecule has 7 heteroatoms. The minimum absolute atomic E-state index is 0. The third kappa shape index (κ3) is 5.76. The zero-order chi connectivity index (χ0) is 17.0. The van der Waals surface area contributed by atoms with Crippen molar-refractivity contribution >= 4 is 45.8 Å². The summed E-state index contributed by atoms with van der Waals surface area (Å²) < 4.78 is 0.967. The molecule has 2 rings (SSSR count). The van der Waals surface area contributed by atoms with E-state index < -0.39 is 0 Å². The van der Waals surface area contributed by atoms with Crippen molar-refractivity contribution in [2.24, 2.45) is 11.7 Å². The quantitative estimate of drug-likeness (QED) is 0.789. The summed E-state index contributed by atoms with van der Waals surface area (Å²) in [5, 5.41) is 2.86. The Morgan fingerprint density at radius 3 is 2.71 bits per heavy atom. The molecule has 1 aliphatic rings. The van der Waals surface area contributed by atoms with Crippen LogP contribution in [0.4, 0.5) is 5.69 Å². The number of anilines is 1. The van der Waals surface area contributed by atoms with Crippen molar-refractivity contribution in [3.63, 3.8) is 0 Å². The minimum atomic E-state index is -0.189. The van der Waals surface area contributed by atoms with Gasteiger partial charge in [-0.3, -0.25) is 9.59 Å². The van der Waals surface area contributed by atoms with Crippen molar-refractivity contribution in [3.05, 3.63) is 28.2 Å². The number of hydrogen-bond acceptors (Lipinski definition) is 3. The van der Waals surface area contributed by atoms with Gasteiger partial charge in [-0.15, -0.1) is 12.4 Å². The molecule has 1 aromatic rings. The Kier molecular flexibility index (Phi) is 8.19. The molecule has 1 aromatic carbocycles. The number of carbonyl (C=O) groups excluding carboxylic acids is 2. The van der Waals surface area contributed by atoms with Gasteiger partial charge in [0.25, 0.3) is 0 Å². The largest absolute Gasteiger partial charge is 0.336 e. The molecule has 2 amide bonds. The van der Waals surface area contributed by atoms with Crippen molar-refractivity contribution in [1.29, 1.82) is 0 Å². The summed E-state index contributed by atoms with van der Waals surface area (Å²) in [6.45, 7) is 1.98. The van der Waals surface area contributed by atoms with Crippen molar-refractivity contribution in [2.45, 2.75) is 38.6 Å². The predicted molar refractivity (Wildman–Crippen MR) is 102 cm³/mol. The van der Waals surface area contributed by atoms with Crippen LogP contribution in [0.15, 0.2) is 22.7 Å². The molecule has 0 heterocycles. The molecule has 2 atom stereocenters. The number of hydrogen-bond donors (Lipinski definition) is 2. The normalized spacial score (nSPS) is 20.0. The van der Waals surface area contributed by atoms with Crippen LogP contribution in [0.1, 0.15) is 31.2 Å². The van der Waals surface area contributed by atoms with Gasteiger partial charge in [-0.25, -0.2) is 0 Å². The van der Waals surface area contributed by atoms with Crippen LogP contribution in [-0.4, -0.2) is 36.3 Å². The molecule has 134 valence electrons. The lowest BCUT2D eigenvalue weighted by Crippen LogP contribution is -2.41. The summed E-state index contributed by atoms with van der Waals surface area (Å²) >= 11 is 3.39. The molecule has 0 radical (unpaired) electrons. The SMILES string of the molecule is Cc1cc(Br)ccc1NC(=O)CN(C)C(=O)C1CCCC(N)C1.Cl. The zero-order valence-electron chi connectivity index (χ0n) is 14.0. The molecule has 1 aliphatic carbocycles. The second-order valence-corrected chi connectivity index (χ2v) is 7.24. The van der Waals surface area contributed by atoms with Crippen LogP contribution in [0.5, 0.6) is 0 Å². The minimum Gasteiger partial charge on any atom is -0.336 e. The van der Waals surface area contributed by atoms with E-state index in [1.807, 2.05) is 25.1 Å². The number of aryl methyl sites for hydroxylation is 1. The Balaban J connectivity index is 0.00000288. The zero-order valence-corrected chi connectivity index (χ0v) is 16.5. The predicted octanol–water partition coefficient (Wildman–Crippen LogP) is 3.09. The topological polar surface area (TPSA) is 75.4 Å². The third-order valence-corrected chi connectivity index (χ3v) is 4.78. The maximum Gasteiger partial charge on any atom is 0.243 e. The van der Waals surface area contributed by atoms with Crippen LogP contribution in [0.25, 0.3) is 0 Å². The fourth-order valence-electron chi connectivity index (χ4n) is 3.01. The summed E-state index contributed by atoms with van der Waals surface area (Å²) in [5.41, 5.74) is 7.68. The molecule has 3 N–H and O–H groups in total. The van der Waals surface area contributed by atoms with E-state index in [1.54, 1.807) is 7.05 Å². The highest BCUT2D eigenvalue weighted by Gasteiger charge is 2.28. The van der Waals surface area contributed by atoms with E-state index in [-0.39, 0.29) is 42.7 Å².